The third-order valence-electron chi connectivity index (χ3n) is 5.87. The summed E-state index contributed by atoms with van der Waals surface area (Å²) in [4.78, 5) is 0. The first-order valence-corrected chi connectivity index (χ1v) is 10.4. The molecule has 1 aliphatic rings. The molecule has 28 heavy (non-hydrogen) atoms. The smallest absolute Gasteiger partial charge is 0.135 e. The average Bonchev–Trinajstić information content (AvgIpc) is 3.24. The number of rotatable bonds is 1. The molecule has 0 bridgehead atoms. The number of fused-ring (bicyclic) bond motifs is 6. The second kappa shape index (κ2) is 5.86. The summed E-state index contributed by atoms with van der Waals surface area (Å²) in [5, 5.41) is 3.63. The first-order valence-electron chi connectivity index (χ1n) is 9.63. The van der Waals surface area contributed by atoms with Crippen molar-refractivity contribution in [2.75, 3.05) is 0 Å². The topological polar surface area (TPSA) is 18.1 Å². The first kappa shape index (κ1) is 16.2. The average molecular weight is 428 g/mol. The Hall–Kier alpha value is -2.78. The summed E-state index contributed by atoms with van der Waals surface area (Å²) in [6, 6.07) is 21.4. The Morgan fingerprint density at radius 3 is 2.71 bits per heavy atom. The van der Waals surface area contributed by atoms with Crippen LogP contribution in [0.5, 0.6) is 0 Å². The van der Waals surface area contributed by atoms with Gasteiger partial charge in [0.1, 0.15) is 11.2 Å². The van der Waals surface area contributed by atoms with Gasteiger partial charge in [0.05, 0.1) is 5.52 Å². The Labute approximate surface area is 171 Å². The van der Waals surface area contributed by atoms with Crippen molar-refractivity contribution in [3.05, 3.63) is 82.5 Å². The predicted octanol–water partition coefficient (Wildman–Crippen LogP) is 7.81. The minimum atomic E-state index is 0.475. The molecule has 0 saturated heterocycles. The summed E-state index contributed by atoms with van der Waals surface area (Å²) >= 11 is 3.65. The number of halogens is 1. The van der Waals surface area contributed by atoms with Crippen molar-refractivity contribution < 1.29 is 4.42 Å². The molecule has 2 aromatic heterocycles. The highest BCUT2D eigenvalue weighted by Gasteiger charge is 2.23. The van der Waals surface area contributed by atoms with E-state index in [-0.39, 0.29) is 0 Å². The molecular weight excluding hydrogens is 410 g/mol. The quantitative estimate of drug-likeness (QED) is 0.266. The standard InChI is InChI=1S/C25H18BrNO/c1-15-5-4-7-19-20-13-16(26)9-11-22(20)27(25(15)19)17-10-12-24-21(14-17)18-6-2-3-8-23(18)28-24/h2-4,6-15H,5H2,1H3. The Morgan fingerprint density at radius 1 is 0.929 bits per heavy atom. The lowest BCUT2D eigenvalue weighted by Gasteiger charge is -2.19. The molecule has 0 radical (unpaired) electrons. The van der Waals surface area contributed by atoms with Crippen LogP contribution in [-0.4, -0.2) is 4.57 Å². The lowest BCUT2D eigenvalue weighted by atomic mass is 9.93. The molecule has 0 fully saturated rings. The van der Waals surface area contributed by atoms with Gasteiger partial charge < -0.3 is 8.98 Å². The summed E-state index contributed by atoms with van der Waals surface area (Å²) in [7, 11) is 0. The molecule has 6 rings (SSSR count). The van der Waals surface area contributed by atoms with Gasteiger partial charge in [-0.2, -0.15) is 0 Å². The molecule has 3 aromatic carbocycles. The summed E-state index contributed by atoms with van der Waals surface area (Å²) < 4.78 is 9.59. The summed E-state index contributed by atoms with van der Waals surface area (Å²) in [6.07, 6.45) is 5.65. The van der Waals surface area contributed by atoms with Gasteiger partial charge in [0.15, 0.2) is 0 Å². The normalized spacial score (nSPS) is 16.3. The van der Waals surface area contributed by atoms with Crippen LogP contribution >= 0.6 is 15.9 Å². The maximum Gasteiger partial charge on any atom is 0.135 e. The van der Waals surface area contributed by atoms with Crippen LogP contribution in [0.4, 0.5) is 0 Å². The van der Waals surface area contributed by atoms with E-state index in [2.05, 4.69) is 88.1 Å². The van der Waals surface area contributed by atoms with Crippen LogP contribution in [0.1, 0.15) is 30.5 Å². The molecule has 1 atom stereocenters. The zero-order valence-electron chi connectivity index (χ0n) is 15.4. The molecular formula is C25H18BrNO. The maximum absolute atomic E-state index is 6.04. The lowest BCUT2D eigenvalue weighted by molar-refractivity contribution is 0.668. The number of aromatic nitrogens is 1. The van der Waals surface area contributed by atoms with Crippen LogP contribution in [0, 0.1) is 0 Å². The van der Waals surface area contributed by atoms with Crippen molar-refractivity contribution >= 4 is 54.8 Å². The highest BCUT2D eigenvalue weighted by atomic mass is 79.9. The van der Waals surface area contributed by atoms with E-state index in [4.69, 9.17) is 4.42 Å². The van der Waals surface area contributed by atoms with Gasteiger partial charge in [0, 0.05) is 43.5 Å². The zero-order valence-corrected chi connectivity index (χ0v) is 17.0. The van der Waals surface area contributed by atoms with Crippen molar-refractivity contribution in [2.24, 2.45) is 0 Å². The van der Waals surface area contributed by atoms with Gasteiger partial charge in [-0.25, -0.2) is 0 Å². The zero-order chi connectivity index (χ0) is 18.8. The second-order valence-electron chi connectivity index (χ2n) is 7.61. The minimum absolute atomic E-state index is 0.475. The van der Waals surface area contributed by atoms with Crippen LogP contribution in [0.25, 0.3) is 44.6 Å². The molecule has 0 amide bonds. The number of hydrogen-bond donors (Lipinski definition) is 0. The Balaban J connectivity index is 1.72. The summed E-state index contributed by atoms with van der Waals surface area (Å²) in [5.74, 6) is 0.475. The molecule has 0 saturated carbocycles. The molecule has 0 N–H and O–H groups in total. The predicted molar refractivity (Wildman–Crippen MR) is 120 cm³/mol. The monoisotopic (exact) mass is 427 g/mol. The Morgan fingerprint density at radius 2 is 1.79 bits per heavy atom. The maximum atomic E-state index is 6.04. The fraction of sp³-hybridized carbons (Fsp3) is 0.120. The van der Waals surface area contributed by atoms with Crippen LogP contribution in [0.2, 0.25) is 0 Å². The largest absolute Gasteiger partial charge is 0.456 e. The van der Waals surface area contributed by atoms with Gasteiger partial charge in [-0.1, -0.05) is 53.2 Å². The van der Waals surface area contributed by atoms with Crippen LogP contribution in [0.15, 0.2) is 75.6 Å². The van der Waals surface area contributed by atoms with Crippen LogP contribution in [0.3, 0.4) is 0 Å². The number of hydrogen-bond acceptors (Lipinski definition) is 1. The number of benzene rings is 3. The van der Waals surface area contributed by atoms with Crippen molar-refractivity contribution in [3.8, 4) is 5.69 Å². The van der Waals surface area contributed by atoms with Gasteiger partial charge in [-0.05, 0) is 48.9 Å². The fourth-order valence-corrected chi connectivity index (χ4v) is 4.96. The molecule has 2 nitrogen and oxygen atoms in total. The van der Waals surface area contributed by atoms with E-state index < -0.39 is 0 Å². The molecule has 1 unspecified atom stereocenters. The molecule has 2 heterocycles. The molecule has 5 aromatic rings. The number of allylic oxidation sites excluding steroid dienone is 1. The van der Waals surface area contributed by atoms with Crippen LogP contribution in [-0.2, 0) is 0 Å². The van der Waals surface area contributed by atoms with Crippen LogP contribution < -0.4 is 0 Å². The fourth-order valence-electron chi connectivity index (χ4n) is 4.60. The Kier molecular flexibility index (Phi) is 3.39. The van der Waals surface area contributed by atoms with Gasteiger partial charge in [-0.15, -0.1) is 0 Å². The third-order valence-corrected chi connectivity index (χ3v) is 6.36. The van der Waals surface area contributed by atoms with E-state index in [0.29, 0.717) is 5.92 Å². The van der Waals surface area contributed by atoms with E-state index in [9.17, 15) is 0 Å². The highest BCUT2D eigenvalue weighted by Crippen LogP contribution is 2.41. The molecule has 0 spiro atoms. The SMILES string of the molecule is CC1CC=Cc2c1n(-c1ccc3oc4ccccc4c3c1)c1ccc(Br)cc21. The highest BCUT2D eigenvalue weighted by molar-refractivity contribution is 9.10. The van der Waals surface area contributed by atoms with E-state index in [1.54, 1.807) is 0 Å². The summed E-state index contributed by atoms with van der Waals surface area (Å²) in [5.41, 5.74) is 7.05. The van der Waals surface area contributed by atoms with E-state index >= 15 is 0 Å². The van der Waals surface area contributed by atoms with Crippen molar-refractivity contribution in [1.82, 2.24) is 4.57 Å². The second-order valence-corrected chi connectivity index (χ2v) is 8.53. The minimum Gasteiger partial charge on any atom is -0.456 e. The molecule has 1 aliphatic carbocycles. The first-order chi connectivity index (χ1) is 13.7. The third kappa shape index (κ3) is 2.20. The number of furan rings is 1. The number of nitrogens with zero attached hydrogens (tertiary/aromatic N) is 1. The van der Waals surface area contributed by atoms with E-state index in [0.717, 1.165) is 22.1 Å². The van der Waals surface area contributed by atoms with Gasteiger partial charge >= 0.3 is 0 Å². The van der Waals surface area contributed by atoms with Crippen molar-refractivity contribution in [1.29, 1.82) is 0 Å². The van der Waals surface area contributed by atoms with Gasteiger partial charge in [0.25, 0.3) is 0 Å². The molecule has 136 valence electrons. The molecule has 3 heteroatoms. The number of para-hydroxylation sites is 1. The lowest BCUT2D eigenvalue weighted by Crippen LogP contribution is -2.06. The van der Waals surface area contributed by atoms with Crippen molar-refractivity contribution in [3.63, 3.8) is 0 Å². The van der Waals surface area contributed by atoms with Crippen molar-refractivity contribution in [2.45, 2.75) is 19.3 Å². The van der Waals surface area contributed by atoms with Gasteiger partial charge in [-0.3, -0.25) is 0 Å². The summed E-state index contributed by atoms with van der Waals surface area (Å²) in [6.45, 7) is 2.32. The Bertz CT molecular complexity index is 1420. The van der Waals surface area contributed by atoms with Gasteiger partial charge in [0.2, 0.25) is 0 Å². The van der Waals surface area contributed by atoms with E-state index in [1.165, 1.54) is 38.6 Å². The van der Waals surface area contributed by atoms with E-state index in [1.807, 2.05) is 12.1 Å². The molecule has 0 aliphatic heterocycles.